The van der Waals surface area contributed by atoms with Crippen LogP contribution in [0.25, 0.3) is 0 Å². The summed E-state index contributed by atoms with van der Waals surface area (Å²) in [6, 6.07) is 2.99. The second-order valence-electron chi connectivity index (χ2n) is 9.15. The first-order valence-electron chi connectivity index (χ1n) is 10.8. The smallest absolute Gasteiger partial charge is 0.312 e. The fourth-order valence-corrected chi connectivity index (χ4v) is 4.92. The zero-order chi connectivity index (χ0) is 20.6. The number of hydrogen-bond acceptors (Lipinski definition) is 5. The third-order valence-corrected chi connectivity index (χ3v) is 7.00. The summed E-state index contributed by atoms with van der Waals surface area (Å²) in [5.74, 6) is 0.625. The highest BCUT2D eigenvalue weighted by molar-refractivity contribution is 5.94. The molecule has 29 heavy (non-hydrogen) atoms. The molecule has 7 nitrogen and oxygen atoms in total. The summed E-state index contributed by atoms with van der Waals surface area (Å²) in [6.45, 7) is 6.40. The Balaban J connectivity index is 1.34. The van der Waals surface area contributed by atoms with Crippen LogP contribution >= 0.6 is 0 Å². The van der Waals surface area contributed by atoms with Crippen molar-refractivity contribution in [2.24, 2.45) is 18.4 Å². The van der Waals surface area contributed by atoms with Crippen LogP contribution in [0.15, 0.2) is 23.1 Å². The maximum atomic E-state index is 12.8. The lowest BCUT2D eigenvalue weighted by Crippen LogP contribution is -2.45. The second-order valence-corrected chi connectivity index (χ2v) is 9.15. The molecule has 1 aromatic rings. The molecular weight excluding hydrogens is 370 g/mol. The van der Waals surface area contributed by atoms with Crippen molar-refractivity contribution in [2.45, 2.75) is 45.1 Å². The quantitative estimate of drug-likeness (QED) is 0.721. The number of ether oxygens (including phenoxy) is 1. The van der Waals surface area contributed by atoms with Gasteiger partial charge in [-0.1, -0.05) is 6.92 Å². The van der Waals surface area contributed by atoms with Crippen LogP contribution in [0.1, 0.15) is 49.4 Å². The lowest BCUT2D eigenvalue weighted by Gasteiger charge is -2.36. The monoisotopic (exact) mass is 401 g/mol. The van der Waals surface area contributed by atoms with Crippen LogP contribution in [0.2, 0.25) is 0 Å². The molecule has 4 heterocycles. The number of rotatable bonds is 3. The van der Waals surface area contributed by atoms with Gasteiger partial charge in [0, 0.05) is 45.4 Å². The van der Waals surface area contributed by atoms with E-state index in [1.807, 2.05) is 0 Å². The van der Waals surface area contributed by atoms with Crippen molar-refractivity contribution >= 4 is 11.9 Å². The molecule has 1 amide bonds. The largest absolute Gasteiger partial charge is 0.461 e. The average Bonchev–Trinajstić information content (AvgIpc) is 3.00. The van der Waals surface area contributed by atoms with Crippen molar-refractivity contribution in [3.8, 4) is 0 Å². The lowest BCUT2D eigenvalue weighted by atomic mass is 9.76. The molecule has 1 unspecified atom stereocenters. The third kappa shape index (κ3) is 4.10. The molecule has 0 saturated carbocycles. The van der Waals surface area contributed by atoms with E-state index in [1.165, 1.54) is 23.5 Å². The number of carbonyl (C=O) groups is 2. The van der Waals surface area contributed by atoms with Crippen LogP contribution in [-0.2, 0) is 16.6 Å². The van der Waals surface area contributed by atoms with Crippen molar-refractivity contribution in [1.29, 1.82) is 0 Å². The molecule has 158 valence electrons. The van der Waals surface area contributed by atoms with Gasteiger partial charge in [0.1, 0.15) is 6.10 Å². The molecule has 1 aromatic heterocycles. The lowest BCUT2D eigenvalue weighted by molar-refractivity contribution is -0.151. The normalized spacial score (nSPS) is 25.4. The summed E-state index contributed by atoms with van der Waals surface area (Å²) in [5, 5.41) is 0. The van der Waals surface area contributed by atoms with Crippen LogP contribution in [0.4, 0.5) is 0 Å². The van der Waals surface area contributed by atoms with Gasteiger partial charge in [-0.3, -0.25) is 19.3 Å². The molecule has 1 atom stereocenters. The van der Waals surface area contributed by atoms with E-state index >= 15 is 0 Å². The van der Waals surface area contributed by atoms with Crippen molar-refractivity contribution in [2.75, 3.05) is 32.7 Å². The van der Waals surface area contributed by atoms with E-state index in [-0.39, 0.29) is 23.5 Å². The van der Waals surface area contributed by atoms with Crippen LogP contribution in [-0.4, -0.2) is 65.1 Å². The number of esters is 1. The van der Waals surface area contributed by atoms with Crippen LogP contribution in [0.3, 0.4) is 0 Å². The van der Waals surface area contributed by atoms with Crippen molar-refractivity contribution in [3.63, 3.8) is 0 Å². The molecule has 4 rings (SSSR count). The summed E-state index contributed by atoms with van der Waals surface area (Å²) in [7, 11) is 1.64. The van der Waals surface area contributed by atoms with Crippen molar-refractivity contribution in [3.05, 3.63) is 34.2 Å². The first-order valence-corrected chi connectivity index (χ1v) is 10.8. The Morgan fingerprint density at radius 2 is 1.83 bits per heavy atom. The van der Waals surface area contributed by atoms with Crippen molar-refractivity contribution in [1.82, 2.24) is 14.4 Å². The van der Waals surface area contributed by atoms with E-state index < -0.39 is 5.41 Å². The van der Waals surface area contributed by atoms with Gasteiger partial charge in [0.15, 0.2) is 0 Å². The van der Waals surface area contributed by atoms with Crippen LogP contribution < -0.4 is 5.56 Å². The molecule has 0 N–H and O–H groups in total. The SMILES string of the molecule is CC1CCN(CC2CC3(CCN(C(=O)c4ccc(=O)n(C)c4)CC3)C(=O)O2)CC1. The van der Waals surface area contributed by atoms with Crippen molar-refractivity contribution < 1.29 is 14.3 Å². The predicted octanol–water partition coefficient (Wildman–Crippen LogP) is 1.66. The topological polar surface area (TPSA) is 71.9 Å². The molecule has 0 radical (unpaired) electrons. The van der Waals surface area contributed by atoms with Crippen LogP contribution in [0.5, 0.6) is 0 Å². The minimum atomic E-state index is -0.436. The minimum Gasteiger partial charge on any atom is -0.461 e. The fraction of sp³-hybridized carbons (Fsp3) is 0.682. The summed E-state index contributed by atoms with van der Waals surface area (Å²) >= 11 is 0. The standard InChI is InChI=1S/C22H31N3O4/c1-16-5-9-24(10-6-16)15-18-13-22(21(28)29-18)7-11-25(12-8-22)20(27)17-3-4-19(26)23(2)14-17/h3-4,14,16,18H,5-13,15H2,1-2H3. The number of carbonyl (C=O) groups excluding carboxylic acids is 2. The van der Waals surface area contributed by atoms with Gasteiger partial charge in [-0.15, -0.1) is 0 Å². The number of cyclic esters (lactones) is 1. The highest BCUT2D eigenvalue weighted by Crippen LogP contribution is 2.43. The van der Waals surface area contributed by atoms with Gasteiger partial charge < -0.3 is 14.2 Å². The third-order valence-electron chi connectivity index (χ3n) is 7.00. The molecule has 3 fully saturated rings. The number of pyridine rings is 1. The summed E-state index contributed by atoms with van der Waals surface area (Å²) in [5.41, 5.74) is -0.0649. The highest BCUT2D eigenvalue weighted by Gasteiger charge is 2.51. The summed E-state index contributed by atoms with van der Waals surface area (Å²) in [6.07, 6.45) is 6.05. The van der Waals surface area contributed by atoms with Gasteiger partial charge in [0.2, 0.25) is 5.56 Å². The van der Waals surface area contributed by atoms with Gasteiger partial charge >= 0.3 is 5.97 Å². The first kappa shape index (κ1) is 20.1. The molecular formula is C22H31N3O4. The fourth-order valence-electron chi connectivity index (χ4n) is 4.92. The first-order chi connectivity index (χ1) is 13.9. The van der Waals surface area contributed by atoms with Gasteiger partial charge in [-0.25, -0.2) is 0 Å². The Morgan fingerprint density at radius 1 is 1.14 bits per heavy atom. The Morgan fingerprint density at radius 3 is 2.48 bits per heavy atom. The Labute approximate surface area is 171 Å². The molecule has 0 bridgehead atoms. The Bertz CT molecular complexity index is 833. The van der Waals surface area contributed by atoms with E-state index in [0.29, 0.717) is 31.5 Å². The van der Waals surface area contributed by atoms with Gasteiger partial charge in [-0.2, -0.15) is 0 Å². The number of amides is 1. The summed E-state index contributed by atoms with van der Waals surface area (Å²) < 4.78 is 7.19. The van der Waals surface area contributed by atoms with Gasteiger partial charge in [0.05, 0.1) is 11.0 Å². The van der Waals surface area contributed by atoms with Gasteiger partial charge in [-0.05, 0) is 50.8 Å². The highest BCUT2D eigenvalue weighted by atomic mass is 16.6. The number of hydrogen-bond donors (Lipinski definition) is 0. The van der Waals surface area contributed by atoms with E-state index in [1.54, 1.807) is 24.2 Å². The Kier molecular flexibility index (Phi) is 5.51. The molecule has 3 aliphatic rings. The maximum Gasteiger partial charge on any atom is 0.312 e. The second kappa shape index (κ2) is 7.94. The Hall–Kier alpha value is -2.15. The van der Waals surface area contributed by atoms with Crippen LogP contribution in [0, 0.1) is 11.3 Å². The average molecular weight is 402 g/mol. The molecule has 3 saturated heterocycles. The zero-order valence-corrected chi connectivity index (χ0v) is 17.4. The molecule has 1 spiro atoms. The number of likely N-dealkylation sites (tertiary alicyclic amines) is 2. The summed E-state index contributed by atoms with van der Waals surface area (Å²) in [4.78, 5) is 41.3. The van der Waals surface area contributed by atoms with E-state index in [9.17, 15) is 14.4 Å². The predicted molar refractivity (Wildman–Crippen MR) is 109 cm³/mol. The molecule has 3 aliphatic heterocycles. The zero-order valence-electron chi connectivity index (χ0n) is 17.4. The number of aryl methyl sites for hydroxylation is 1. The molecule has 0 aliphatic carbocycles. The van der Waals surface area contributed by atoms with E-state index in [4.69, 9.17) is 4.74 Å². The number of piperidine rings is 2. The van der Waals surface area contributed by atoms with E-state index in [0.717, 1.165) is 32.0 Å². The molecule has 7 heteroatoms. The van der Waals surface area contributed by atoms with Gasteiger partial charge in [0.25, 0.3) is 5.91 Å². The maximum absolute atomic E-state index is 12.8. The van der Waals surface area contributed by atoms with E-state index in [2.05, 4.69) is 11.8 Å². The number of aromatic nitrogens is 1. The minimum absolute atomic E-state index is 0.0261. The molecule has 0 aromatic carbocycles. The number of nitrogens with zero attached hydrogens (tertiary/aromatic N) is 3.